The fourth-order valence-corrected chi connectivity index (χ4v) is 3.15. The van der Waals surface area contributed by atoms with Crippen LogP contribution in [0.1, 0.15) is 27.2 Å². The molecule has 3 rings (SSSR count). The van der Waals surface area contributed by atoms with E-state index in [1.54, 1.807) is 24.3 Å². The van der Waals surface area contributed by atoms with E-state index in [9.17, 15) is 4.79 Å². The maximum atomic E-state index is 11.8. The molecule has 0 atom stereocenters. The zero-order valence-electron chi connectivity index (χ0n) is 12.7. The lowest BCUT2D eigenvalue weighted by atomic mass is 10.1. The average Bonchev–Trinajstić information content (AvgIpc) is 2.99. The number of nitrogens with one attached hydrogen (secondary N) is 1. The molecule has 3 aromatic rings. The Hall–Kier alpha value is -2.48. The number of H-pyrrole nitrogens is 1. The predicted octanol–water partition coefficient (Wildman–Crippen LogP) is 4.72. The van der Waals surface area contributed by atoms with Gasteiger partial charge < -0.3 is 9.72 Å². The Labute approximate surface area is 148 Å². The molecule has 4 nitrogen and oxygen atoms in total. The largest absolute Gasteiger partial charge is 0.465 e. The van der Waals surface area contributed by atoms with E-state index in [1.807, 2.05) is 12.1 Å². The number of benzene rings is 2. The van der Waals surface area contributed by atoms with Gasteiger partial charge in [0.2, 0.25) is 0 Å². The van der Waals surface area contributed by atoms with Crippen LogP contribution in [0.15, 0.2) is 36.4 Å². The van der Waals surface area contributed by atoms with Gasteiger partial charge in [-0.15, -0.1) is 0 Å². The van der Waals surface area contributed by atoms with E-state index in [1.165, 1.54) is 7.11 Å². The van der Waals surface area contributed by atoms with Gasteiger partial charge in [0.25, 0.3) is 0 Å². The molecule has 2 aromatic carbocycles. The summed E-state index contributed by atoms with van der Waals surface area (Å²) in [5, 5.41) is 10.7. The van der Waals surface area contributed by atoms with Gasteiger partial charge in [-0.1, -0.05) is 29.3 Å². The second-order valence-corrected chi connectivity index (χ2v) is 6.05. The highest BCUT2D eigenvalue weighted by Gasteiger charge is 2.17. The van der Waals surface area contributed by atoms with Crippen LogP contribution in [0.2, 0.25) is 10.0 Å². The Kier molecular flexibility index (Phi) is 4.48. The van der Waals surface area contributed by atoms with Crippen molar-refractivity contribution in [1.82, 2.24) is 4.98 Å². The Bertz CT molecular complexity index is 987. The summed E-state index contributed by atoms with van der Waals surface area (Å²) in [5.74, 6) is -0.506. The molecule has 120 valence electrons. The summed E-state index contributed by atoms with van der Waals surface area (Å²) in [6.07, 6.45) is 0.430. The van der Waals surface area contributed by atoms with Gasteiger partial charge in [0, 0.05) is 22.7 Å². The molecule has 0 saturated carbocycles. The van der Waals surface area contributed by atoms with Crippen molar-refractivity contribution < 1.29 is 9.53 Å². The molecule has 0 unspecified atom stereocenters. The van der Waals surface area contributed by atoms with Crippen LogP contribution < -0.4 is 0 Å². The number of hydrogen-bond acceptors (Lipinski definition) is 3. The first-order valence-corrected chi connectivity index (χ1v) is 7.86. The monoisotopic (exact) mass is 358 g/mol. The van der Waals surface area contributed by atoms with Crippen LogP contribution >= 0.6 is 23.2 Å². The molecule has 1 heterocycles. The van der Waals surface area contributed by atoms with Crippen molar-refractivity contribution >= 4 is 40.1 Å². The van der Waals surface area contributed by atoms with Crippen LogP contribution in [0.5, 0.6) is 0 Å². The van der Waals surface area contributed by atoms with Gasteiger partial charge >= 0.3 is 5.97 Å². The summed E-state index contributed by atoms with van der Waals surface area (Å²) < 4.78 is 4.73. The molecule has 0 bridgehead atoms. The molecule has 1 N–H and O–H groups in total. The molecule has 0 aliphatic heterocycles. The smallest absolute Gasteiger partial charge is 0.339 e. The summed E-state index contributed by atoms with van der Waals surface area (Å²) in [6, 6.07) is 12.7. The molecule has 24 heavy (non-hydrogen) atoms. The number of carbonyl (C=O) groups is 1. The summed E-state index contributed by atoms with van der Waals surface area (Å²) in [4.78, 5) is 15.0. The van der Waals surface area contributed by atoms with Crippen LogP contribution in [-0.4, -0.2) is 18.1 Å². The lowest BCUT2D eigenvalue weighted by Crippen LogP contribution is -2.04. The number of aromatic amines is 1. The number of hydrogen-bond donors (Lipinski definition) is 1. The van der Waals surface area contributed by atoms with Crippen molar-refractivity contribution in [2.45, 2.75) is 6.42 Å². The van der Waals surface area contributed by atoms with Crippen molar-refractivity contribution in [2.75, 3.05) is 7.11 Å². The van der Waals surface area contributed by atoms with Gasteiger partial charge in [0.05, 0.1) is 29.3 Å². The predicted molar refractivity (Wildman–Crippen MR) is 93.6 cm³/mol. The molecular weight excluding hydrogens is 347 g/mol. The first-order valence-electron chi connectivity index (χ1n) is 7.10. The zero-order valence-corrected chi connectivity index (χ0v) is 14.2. The van der Waals surface area contributed by atoms with Crippen LogP contribution in [0.4, 0.5) is 0 Å². The molecule has 0 radical (unpaired) electrons. The minimum absolute atomic E-state index is 0.279. The highest BCUT2D eigenvalue weighted by molar-refractivity contribution is 6.38. The number of aromatic nitrogens is 1. The van der Waals surface area contributed by atoms with E-state index in [4.69, 9.17) is 33.2 Å². The summed E-state index contributed by atoms with van der Waals surface area (Å²) in [7, 11) is 1.30. The molecular formula is C18H12Cl2N2O2. The third-order valence-electron chi connectivity index (χ3n) is 3.77. The van der Waals surface area contributed by atoms with Gasteiger partial charge in [0.1, 0.15) is 0 Å². The molecule has 0 aliphatic rings. The first-order chi connectivity index (χ1) is 11.5. The third-order valence-corrected chi connectivity index (χ3v) is 4.55. The van der Waals surface area contributed by atoms with Gasteiger partial charge in [-0.2, -0.15) is 5.26 Å². The minimum atomic E-state index is -0.506. The van der Waals surface area contributed by atoms with Crippen LogP contribution in [-0.2, 0) is 11.2 Å². The number of nitriles is 1. The zero-order chi connectivity index (χ0) is 17.3. The van der Waals surface area contributed by atoms with Crippen molar-refractivity contribution in [1.29, 1.82) is 5.26 Å². The maximum Gasteiger partial charge on any atom is 0.339 e. The molecule has 1 aromatic heterocycles. The Morgan fingerprint density at radius 2 is 2.04 bits per heavy atom. The van der Waals surface area contributed by atoms with E-state index >= 15 is 0 Å². The second kappa shape index (κ2) is 6.56. The van der Waals surface area contributed by atoms with Crippen molar-refractivity contribution in [3.63, 3.8) is 0 Å². The SMILES string of the molecule is COC(=O)c1ccc(Cl)c(Cc2cc3ccc(C#N)cc3[nH]2)c1Cl. The van der Waals surface area contributed by atoms with Crippen LogP contribution in [0, 0.1) is 11.3 Å². The van der Waals surface area contributed by atoms with Gasteiger partial charge in [0.15, 0.2) is 0 Å². The van der Waals surface area contributed by atoms with Gasteiger partial charge in [-0.3, -0.25) is 0 Å². The van der Waals surface area contributed by atoms with Crippen molar-refractivity contribution in [3.8, 4) is 6.07 Å². The number of ether oxygens (including phenoxy) is 1. The molecule has 6 heteroatoms. The van der Waals surface area contributed by atoms with E-state index in [2.05, 4.69) is 11.1 Å². The molecule has 0 spiro atoms. The van der Waals surface area contributed by atoms with E-state index in [0.29, 0.717) is 22.6 Å². The molecule has 0 amide bonds. The standard InChI is InChI=1S/C18H12Cl2N2O2/c1-24-18(23)13-4-5-15(19)14(17(13)20)8-12-7-11-3-2-10(9-21)6-16(11)22-12/h2-7,22H,8H2,1H3. The molecule has 0 fully saturated rings. The van der Waals surface area contributed by atoms with E-state index < -0.39 is 5.97 Å². The summed E-state index contributed by atoms with van der Waals surface area (Å²) >= 11 is 12.6. The lowest BCUT2D eigenvalue weighted by molar-refractivity contribution is 0.0601. The van der Waals surface area contributed by atoms with E-state index in [0.717, 1.165) is 16.6 Å². The number of rotatable bonds is 3. The number of fused-ring (bicyclic) bond motifs is 1. The van der Waals surface area contributed by atoms with Gasteiger partial charge in [-0.05, 0) is 41.3 Å². The maximum absolute atomic E-state index is 11.8. The Balaban J connectivity index is 2.02. The molecule has 0 aliphatic carbocycles. The normalized spacial score (nSPS) is 10.6. The summed E-state index contributed by atoms with van der Waals surface area (Å²) in [5.41, 5.74) is 3.25. The number of halogens is 2. The Morgan fingerprint density at radius 3 is 2.75 bits per heavy atom. The second-order valence-electron chi connectivity index (χ2n) is 5.26. The average molecular weight is 359 g/mol. The number of esters is 1. The topological polar surface area (TPSA) is 65.9 Å². The fourth-order valence-electron chi connectivity index (χ4n) is 2.57. The van der Waals surface area contributed by atoms with Crippen molar-refractivity contribution in [2.24, 2.45) is 0 Å². The highest BCUT2D eigenvalue weighted by Crippen LogP contribution is 2.31. The number of carbonyl (C=O) groups excluding carboxylic acids is 1. The number of methoxy groups -OCH3 is 1. The van der Waals surface area contributed by atoms with Crippen LogP contribution in [0.3, 0.4) is 0 Å². The van der Waals surface area contributed by atoms with Crippen molar-refractivity contribution in [3.05, 3.63) is 68.8 Å². The first kappa shape index (κ1) is 16.4. The highest BCUT2D eigenvalue weighted by atomic mass is 35.5. The fraction of sp³-hybridized carbons (Fsp3) is 0.111. The summed E-state index contributed by atoms with van der Waals surface area (Å²) in [6.45, 7) is 0. The lowest BCUT2D eigenvalue weighted by Gasteiger charge is -2.09. The minimum Gasteiger partial charge on any atom is -0.465 e. The van der Waals surface area contributed by atoms with Crippen LogP contribution in [0.25, 0.3) is 10.9 Å². The van der Waals surface area contributed by atoms with Gasteiger partial charge in [-0.25, -0.2) is 4.79 Å². The Morgan fingerprint density at radius 1 is 1.25 bits per heavy atom. The third kappa shape index (κ3) is 2.96. The molecule has 0 saturated heterocycles. The van der Waals surface area contributed by atoms with E-state index in [-0.39, 0.29) is 10.6 Å². The quantitative estimate of drug-likeness (QED) is 0.688. The number of nitrogens with zero attached hydrogens (tertiary/aromatic N) is 1.